The minimum absolute atomic E-state index is 0. The zero-order valence-corrected chi connectivity index (χ0v) is 16.8. The third-order valence-electron chi connectivity index (χ3n) is 4.13. The molecular formula is C16H35IN4. The molecule has 4 nitrogen and oxygen atoms in total. The molecule has 0 bridgehead atoms. The van der Waals surface area contributed by atoms with Gasteiger partial charge in [0.2, 0.25) is 0 Å². The van der Waals surface area contributed by atoms with Crippen molar-refractivity contribution in [2.45, 2.75) is 77.9 Å². The van der Waals surface area contributed by atoms with Crippen LogP contribution in [0.1, 0.15) is 59.8 Å². The third-order valence-corrected chi connectivity index (χ3v) is 4.13. The van der Waals surface area contributed by atoms with Crippen LogP contribution in [0.25, 0.3) is 0 Å². The molecule has 1 aliphatic rings. The van der Waals surface area contributed by atoms with Crippen molar-refractivity contribution in [1.29, 1.82) is 0 Å². The molecule has 0 unspecified atom stereocenters. The van der Waals surface area contributed by atoms with Crippen molar-refractivity contribution in [3.05, 3.63) is 0 Å². The molecule has 0 amide bonds. The van der Waals surface area contributed by atoms with Gasteiger partial charge < -0.3 is 10.6 Å². The molecule has 1 rings (SSSR count). The fraction of sp³-hybridized carbons (Fsp3) is 0.938. The minimum atomic E-state index is 0. The van der Waals surface area contributed by atoms with E-state index < -0.39 is 0 Å². The predicted molar refractivity (Wildman–Crippen MR) is 104 cm³/mol. The second-order valence-corrected chi connectivity index (χ2v) is 6.40. The van der Waals surface area contributed by atoms with E-state index in [9.17, 15) is 0 Å². The largest absolute Gasteiger partial charge is 0.356 e. The number of hydrogen-bond acceptors (Lipinski definition) is 2. The van der Waals surface area contributed by atoms with Crippen molar-refractivity contribution >= 4 is 29.9 Å². The minimum Gasteiger partial charge on any atom is -0.356 e. The van der Waals surface area contributed by atoms with E-state index >= 15 is 0 Å². The van der Waals surface area contributed by atoms with Crippen LogP contribution in [-0.4, -0.2) is 49.1 Å². The van der Waals surface area contributed by atoms with E-state index in [1.54, 1.807) is 0 Å². The summed E-state index contributed by atoms with van der Waals surface area (Å²) in [4.78, 5) is 6.86. The van der Waals surface area contributed by atoms with Crippen molar-refractivity contribution in [2.24, 2.45) is 4.99 Å². The molecule has 1 saturated carbocycles. The van der Waals surface area contributed by atoms with Gasteiger partial charge in [-0.1, -0.05) is 12.8 Å². The summed E-state index contributed by atoms with van der Waals surface area (Å²) in [6, 6.07) is 1.86. The van der Waals surface area contributed by atoms with E-state index in [1.165, 1.54) is 25.7 Å². The number of halogens is 1. The zero-order chi connectivity index (χ0) is 15.0. The Balaban J connectivity index is 0.00000400. The molecule has 0 saturated heterocycles. The standard InChI is InChI=1S/C16H34N4.HI/c1-13(2)20(14(3)4)12-8-11-18-16(17-5)19-15-9-6-7-10-15;/h13-15H,6-12H2,1-5H3,(H2,17,18,19);1H. The Labute approximate surface area is 148 Å². The summed E-state index contributed by atoms with van der Waals surface area (Å²) < 4.78 is 0. The van der Waals surface area contributed by atoms with Gasteiger partial charge in [-0.05, 0) is 47.0 Å². The van der Waals surface area contributed by atoms with Gasteiger partial charge in [0.25, 0.3) is 0 Å². The number of nitrogens with zero attached hydrogens (tertiary/aromatic N) is 2. The monoisotopic (exact) mass is 410 g/mol. The van der Waals surface area contributed by atoms with E-state index in [4.69, 9.17) is 0 Å². The van der Waals surface area contributed by atoms with Gasteiger partial charge in [0.05, 0.1) is 0 Å². The van der Waals surface area contributed by atoms with E-state index in [-0.39, 0.29) is 24.0 Å². The second kappa shape index (κ2) is 11.5. The van der Waals surface area contributed by atoms with Crippen LogP contribution in [0, 0.1) is 0 Å². The highest BCUT2D eigenvalue weighted by Crippen LogP contribution is 2.17. The average molecular weight is 410 g/mol. The van der Waals surface area contributed by atoms with Crippen LogP contribution in [0.2, 0.25) is 0 Å². The molecular weight excluding hydrogens is 375 g/mol. The number of hydrogen-bond donors (Lipinski definition) is 2. The van der Waals surface area contributed by atoms with E-state index in [2.05, 4.69) is 48.2 Å². The normalized spacial score (nSPS) is 16.7. The highest BCUT2D eigenvalue weighted by Gasteiger charge is 2.16. The zero-order valence-electron chi connectivity index (χ0n) is 14.5. The van der Waals surface area contributed by atoms with Crippen molar-refractivity contribution < 1.29 is 0 Å². The van der Waals surface area contributed by atoms with E-state index in [1.807, 2.05) is 7.05 Å². The third kappa shape index (κ3) is 8.24. The lowest BCUT2D eigenvalue weighted by atomic mass is 10.2. The summed E-state index contributed by atoms with van der Waals surface area (Å²) >= 11 is 0. The fourth-order valence-electron chi connectivity index (χ4n) is 3.04. The van der Waals surface area contributed by atoms with Gasteiger partial charge in [-0.3, -0.25) is 9.89 Å². The summed E-state index contributed by atoms with van der Waals surface area (Å²) in [6.45, 7) is 11.2. The van der Waals surface area contributed by atoms with Gasteiger partial charge in [0, 0.05) is 38.3 Å². The Kier molecular flexibility index (Phi) is 11.5. The molecule has 1 fully saturated rings. The van der Waals surface area contributed by atoms with Crippen LogP contribution in [0.5, 0.6) is 0 Å². The smallest absolute Gasteiger partial charge is 0.191 e. The Bertz CT molecular complexity index is 278. The number of guanidine groups is 1. The average Bonchev–Trinajstić information content (AvgIpc) is 2.88. The maximum absolute atomic E-state index is 4.32. The molecule has 0 aliphatic heterocycles. The SMILES string of the molecule is CN=C(NCCCN(C(C)C)C(C)C)NC1CCCC1.I. The van der Waals surface area contributed by atoms with Gasteiger partial charge in [-0.25, -0.2) is 0 Å². The quantitative estimate of drug-likeness (QED) is 0.293. The topological polar surface area (TPSA) is 39.7 Å². The first-order chi connectivity index (χ1) is 9.54. The van der Waals surface area contributed by atoms with Gasteiger partial charge in [-0.15, -0.1) is 24.0 Å². The maximum Gasteiger partial charge on any atom is 0.191 e. The van der Waals surface area contributed by atoms with Crippen molar-refractivity contribution in [3.63, 3.8) is 0 Å². The Morgan fingerprint density at radius 1 is 1.14 bits per heavy atom. The van der Waals surface area contributed by atoms with Gasteiger partial charge in [0.15, 0.2) is 5.96 Å². The molecule has 21 heavy (non-hydrogen) atoms. The Morgan fingerprint density at radius 2 is 1.71 bits per heavy atom. The summed E-state index contributed by atoms with van der Waals surface area (Å²) in [7, 11) is 1.86. The number of nitrogens with one attached hydrogen (secondary N) is 2. The molecule has 0 aromatic carbocycles. The van der Waals surface area contributed by atoms with Gasteiger partial charge in [-0.2, -0.15) is 0 Å². The first-order valence-corrected chi connectivity index (χ1v) is 8.27. The van der Waals surface area contributed by atoms with Crippen molar-refractivity contribution in [3.8, 4) is 0 Å². The predicted octanol–water partition coefficient (Wildman–Crippen LogP) is 3.22. The molecule has 0 atom stereocenters. The van der Waals surface area contributed by atoms with E-state index in [0.29, 0.717) is 18.1 Å². The summed E-state index contributed by atoms with van der Waals surface area (Å²) in [5.41, 5.74) is 0. The maximum atomic E-state index is 4.32. The second-order valence-electron chi connectivity index (χ2n) is 6.40. The highest BCUT2D eigenvalue weighted by molar-refractivity contribution is 14.0. The van der Waals surface area contributed by atoms with Crippen LogP contribution >= 0.6 is 24.0 Å². The molecule has 0 radical (unpaired) electrons. The lowest BCUT2D eigenvalue weighted by Crippen LogP contribution is -2.44. The van der Waals surface area contributed by atoms with Crippen LogP contribution in [-0.2, 0) is 0 Å². The number of aliphatic imine (C=N–C) groups is 1. The lowest BCUT2D eigenvalue weighted by Gasteiger charge is -2.30. The first kappa shape index (κ1) is 21.0. The molecule has 0 aromatic heterocycles. The van der Waals surface area contributed by atoms with Crippen LogP contribution < -0.4 is 10.6 Å². The fourth-order valence-corrected chi connectivity index (χ4v) is 3.04. The summed E-state index contributed by atoms with van der Waals surface area (Å²) in [5.74, 6) is 0.970. The Hall–Kier alpha value is -0.0400. The molecule has 1 aliphatic carbocycles. The molecule has 2 N–H and O–H groups in total. The molecule has 0 heterocycles. The molecule has 0 spiro atoms. The van der Waals surface area contributed by atoms with Crippen molar-refractivity contribution in [1.82, 2.24) is 15.5 Å². The van der Waals surface area contributed by atoms with Crippen LogP contribution in [0.15, 0.2) is 4.99 Å². The lowest BCUT2D eigenvalue weighted by molar-refractivity contribution is 0.173. The van der Waals surface area contributed by atoms with Gasteiger partial charge in [0.1, 0.15) is 0 Å². The Morgan fingerprint density at radius 3 is 2.19 bits per heavy atom. The van der Waals surface area contributed by atoms with Crippen LogP contribution in [0.4, 0.5) is 0 Å². The number of rotatable bonds is 7. The molecule has 126 valence electrons. The van der Waals surface area contributed by atoms with Crippen molar-refractivity contribution in [2.75, 3.05) is 20.1 Å². The summed E-state index contributed by atoms with van der Waals surface area (Å²) in [5, 5.41) is 6.97. The summed E-state index contributed by atoms with van der Waals surface area (Å²) in [6.07, 6.45) is 6.44. The van der Waals surface area contributed by atoms with Gasteiger partial charge >= 0.3 is 0 Å². The molecule has 5 heteroatoms. The van der Waals surface area contributed by atoms with Crippen LogP contribution in [0.3, 0.4) is 0 Å². The highest BCUT2D eigenvalue weighted by atomic mass is 127. The first-order valence-electron chi connectivity index (χ1n) is 8.27. The molecule has 0 aromatic rings. The van der Waals surface area contributed by atoms with E-state index in [0.717, 1.165) is 25.5 Å².